The van der Waals surface area contributed by atoms with E-state index < -0.39 is 0 Å². The van der Waals surface area contributed by atoms with Gasteiger partial charge in [-0.3, -0.25) is 4.90 Å². The lowest BCUT2D eigenvalue weighted by atomic mass is 9.48. The average molecular weight is 440 g/mol. The molecule has 2 atom stereocenters. The Bertz CT molecular complexity index is 1190. The Morgan fingerprint density at radius 2 is 1.73 bits per heavy atom. The first-order chi connectivity index (χ1) is 16.1. The molecule has 3 aliphatic carbocycles. The molecular formula is C29H33N3O. The zero-order chi connectivity index (χ0) is 22.2. The predicted molar refractivity (Wildman–Crippen MR) is 133 cm³/mol. The van der Waals surface area contributed by atoms with Gasteiger partial charge in [-0.25, -0.2) is 0 Å². The maximum Gasteiger partial charge on any atom is 0.123 e. The number of carbonyl (C=O) groups excluding carboxylic acids is 1. The molecule has 4 heteroatoms. The number of hydrogen-bond donors (Lipinski definition) is 1. The summed E-state index contributed by atoms with van der Waals surface area (Å²) in [7, 11) is 0. The molecule has 2 bridgehead atoms. The molecule has 8 rings (SSSR count). The molecule has 2 aromatic carbocycles. The third-order valence-corrected chi connectivity index (χ3v) is 9.23. The summed E-state index contributed by atoms with van der Waals surface area (Å²) in [5.41, 5.74) is 7.32. The molecule has 0 radical (unpaired) electrons. The van der Waals surface area contributed by atoms with E-state index in [9.17, 15) is 4.79 Å². The number of anilines is 1. The second kappa shape index (κ2) is 7.20. The van der Waals surface area contributed by atoms with Gasteiger partial charge in [0.05, 0.1) is 6.04 Å². The van der Waals surface area contributed by atoms with Gasteiger partial charge in [-0.05, 0) is 80.7 Å². The topological polar surface area (TPSA) is 39.3 Å². The average Bonchev–Trinajstić information content (AvgIpc) is 3.16. The van der Waals surface area contributed by atoms with Crippen molar-refractivity contribution in [3.05, 3.63) is 65.4 Å². The standard InChI is InChI=1S/C29H33N3O/c1-19-14-25-24-4-2-3-5-26(24)30-27(25)28(32(19)29-15-21(16-29)17-29)22-6-8-23(9-7-22)31-12-10-20(18-33)11-13-31/h2-9,18-21,28,30H,10-17H2,1H3/t19-,21?,28-,29?/m1/s1. The molecule has 0 amide bonds. The number of benzene rings is 2. The van der Waals surface area contributed by atoms with E-state index in [0.29, 0.717) is 17.6 Å². The van der Waals surface area contributed by atoms with Crippen molar-refractivity contribution in [2.24, 2.45) is 11.8 Å². The number of nitrogens with one attached hydrogen (secondary N) is 1. The molecule has 3 aromatic rings. The van der Waals surface area contributed by atoms with Crippen LogP contribution >= 0.6 is 0 Å². The van der Waals surface area contributed by atoms with Gasteiger partial charge >= 0.3 is 0 Å². The molecule has 3 saturated carbocycles. The fraction of sp³-hybridized carbons (Fsp3) is 0.483. The zero-order valence-corrected chi connectivity index (χ0v) is 19.5. The van der Waals surface area contributed by atoms with Gasteiger partial charge < -0.3 is 14.7 Å². The molecule has 3 heterocycles. The highest BCUT2D eigenvalue weighted by Crippen LogP contribution is 2.64. The molecule has 5 aliphatic rings. The number of rotatable bonds is 4. The van der Waals surface area contributed by atoms with Crippen molar-refractivity contribution in [2.75, 3.05) is 18.0 Å². The highest BCUT2D eigenvalue weighted by molar-refractivity contribution is 5.85. The van der Waals surface area contributed by atoms with Crippen LogP contribution < -0.4 is 4.90 Å². The number of aromatic amines is 1. The number of carbonyl (C=O) groups is 1. The van der Waals surface area contributed by atoms with E-state index in [1.807, 2.05) is 0 Å². The first-order valence-corrected chi connectivity index (χ1v) is 12.8. The van der Waals surface area contributed by atoms with Crippen LogP contribution in [0.2, 0.25) is 0 Å². The Labute approximate surface area is 196 Å². The number of aromatic nitrogens is 1. The molecule has 1 saturated heterocycles. The van der Waals surface area contributed by atoms with Crippen molar-refractivity contribution < 1.29 is 4.79 Å². The van der Waals surface area contributed by atoms with E-state index in [1.165, 1.54) is 52.7 Å². The van der Waals surface area contributed by atoms with Crippen LogP contribution in [0.25, 0.3) is 10.9 Å². The number of nitrogens with zero attached hydrogens (tertiary/aromatic N) is 2. The summed E-state index contributed by atoms with van der Waals surface area (Å²) in [5.74, 6) is 1.21. The number of aldehydes is 1. The van der Waals surface area contributed by atoms with Gasteiger partial charge in [0.2, 0.25) is 0 Å². The normalized spacial score (nSPS) is 31.7. The lowest BCUT2D eigenvalue weighted by molar-refractivity contribution is -0.174. The summed E-state index contributed by atoms with van der Waals surface area (Å²) < 4.78 is 0. The quantitative estimate of drug-likeness (QED) is 0.548. The minimum absolute atomic E-state index is 0.242. The maximum absolute atomic E-state index is 11.1. The van der Waals surface area contributed by atoms with Gasteiger partial charge in [-0.2, -0.15) is 0 Å². The third kappa shape index (κ3) is 2.89. The molecular weight excluding hydrogens is 406 g/mol. The summed E-state index contributed by atoms with van der Waals surface area (Å²) in [5, 5.41) is 1.40. The summed E-state index contributed by atoms with van der Waals surface area (Å²) in [6.45, 7) is 4.40. The Morgan fingerprint density at radius 1 is 1.00 bits per heavy atom. The summed E-state index contributed by atoms with van der Waals surface area (Å²) in [6, 6.07) is 19.1. The molecule has 33 heavy (non-hydrogen) atoms. The largest absolute Gasteiger partial charge is 0.371 e. The van der Waals surface area contributed by atoms with Crippen molar-refractivity contribution in [3.63, 3.8) is 0 Å². The number of fused-ring (bicyclic) bond motifs is 3. The Morgan fingerprint density at radius 3 is 2.39 bits per heavy atom. The highest BCUT2D eigenvalue weighted by Gasteiger charge is 2.63. The van der Waals surface area contributed by atoms with Crippen LogP contribution in [0.5, 0.6) is 0 Å². The van der Waals surface area contributed by atoms with Gasteiger partial charge in [0.25, 0.3) is 0 Å². The molecule has 1 N–H and O–H groups in total. The minimum Gasteiger partial charge on any atom is -0.371 e. The van der Waals surface area contributed by atoms with Crippen molar-refractivity contribution in [3.8, 4) is 0 Å². The van der Waals surface area contributed by atoms with Crippen LogP contribution in [0.15, 0.2) is 48.5 Å². The molecule has 1 aromatic heterocycles. The molecule has 0 spiro atoms. The van der Waals surface area contributed by atoms with Gasteiger partial charge in [-0.1, -0.05) is 30.3 Å². The van der Waals surface area contributed by atoms with E-state index >= 15 is 0 Å². The second-order valence-electron chi connectivity index (χ2n) is 11.2. The number of para-hydroxylation sites is 1. The van der Waals surface area contributed by atoms with Crippen LogP contribution in [0, 0.1) is 11.8 Å². The number of hydrogen-bond acceptors (Lipinski definition) is 3. The van der Waals surface area contributed by atoms with Crippen molar-refractivity contribution in [1.82, 2.24) is 9.88 Å². The van der Waals surface area contributed by atoms with Crippen LogP contribution in [0.1, 0.15) is 61.9 Å². The fourth-order valence-corrected chi connectivity index (χ4v) is 7.44. The van der Waals surface area contributed by atoms with Crippen molar-refractivity contribution >= 4 is 22.9 Å². The highest BCUT2D eigenvalue weighted by atomic mass is 16.1. The van der Waals surface area contributed by atoms with Crippen LogP contribution in [0.4, 0.5) is 5.69 Å². The van der Waals surface area contributed by atoms with E-state index in [1.54, 1.807) is 0 Å². The Kier molecular flexibility index (Phi) is 4.33. The SMILES string of the molecule is C[C@@H]1Cc2c([nH]c3ccccc23)[C@@H](c2ccc(N3CCC(C=O)CC3)cc2)N1C12CC(C1)C2. The fourth-order valence-electron chi connectivity index (χ4n) is 7.44. The maximum atomic E-state index is 11.1. The van der Waals surface area contributed by atoms with E-state index in [-0.39, 0.29) is 5.92 Å². The third-order valence-electron chi connectivity index (χ3n) is 9.23. The van der Waals surface area contributed by atoms with E-state index in [2.05, 4.69) is 70.2 Å². The van der Waals surface area contributed by atoms with Crippen LogP contribution in [0.3, 0.4) is 0 Å². The van der Waals surface area contributed by atoms with Crippen molar-refractivity contribution in [2.45, 2.75) is 63.1 Å². The number of piperidine rings is 1. The molecule has 2 aliphatic heterocycles. The van der Waals surface area contributed by atoms with Gasteiger partial charge in [0.1, 0.15) is 6.29 Å². The predicted octanol–water partition coefficient (Wildman–Crippen LogP) is 5.47. The molecule has 170 valence electrons. The van der Waals surface area contributed by atoms with Crippen LogP contribution in [-0.4, -0.2) is 40.8 Å². The monoisotopic (exact) mass is 439 g/mol. The smallest absolute Gasteiger partial charge is 0.123 e. The number of H-pyrrole nitrogens is 1. The summed E-state index contributed by atoms with van der Waals surface area (Å²) in [6.07, 6.45) is 8.37. The zero-order valence-electron chi connectivity index (χ0n) is 19.5. The summed E-state index contributed by atoms with van der Waals surface area (Å²) >= 11 is 0. The van der Waals surface area contributed by atoms with Crippen molar-refractivity contribution in [1.29, 1.82) is 0 Å². The lowest BCUT2D eigenvalue weighted by Gasteiger charge is -2.70. The minimum atomic E-state index is 0.242. The molecule has 4 nitrogen and oxygen atoms in total. The second-order valence-corrected chi connectivity index (χ2v) is 11.2. The van der Waals surface area contributed by atoms with E-state index in [4.69, 9.17) is 0 Å². The van der Waals surface area contributed by atoms with Gasteiger partial charge in [0.15, 0.2) is 0 Å². The van der Waals surface area contributed by atoms with Crippen LogP contribution in [-0.2, 0) is 11.2 Å². The molecule has 4 fully saturated rings. The van der Waals surface area contributed by atoms with Gasteiger partial charge in [0, 0.05) is 52.9 Å². The van der Waals surface area contributed by atoms with E-state index in [0.717, 1.165) is 44.6 Å². The lowest BCUT2D eigenvalue weighted by Crippen LogP contribution is -2.71. The first kappa shape index (κ1) is 19.8. The van der Waals surface area contributed by atoms with Gasteiger partial charge in [-0.15, -0.1) is 0 Å². The summed E-state index contributed by atoms with van der Waals surface area (Å²) in [4.78, 5) is 20.3. The molecule has 0 unspecified atom stereocenters. The first-order valence-electron chi connectivity index (χ1n) is 12.8. The Hall–Kier alpha value is -2.59. The Balaban J connectivity index is 1.27.